The van der Waals surface area contributed by atoms with Gasteiger partial charge in [-0.2, -0.15) is 0 Å². The third-order valence-corrected chi connectivity index (χ3v) is 6.99. The standard InChI is InChI=1S/C31H32N2O/c1-18(2)28(19(3)4)22-13-15-26(32-17-22)25-12-8-11-23-24-14-16-27(33-31(24)34-30(23)25)29-20(5)9-7-10-21(29)6/h7-19,28H,1-6H3. The Balaban J connectivity index is 1.61. The van der Waals surface area contributed by atoms with Gasteiger partial charge in [-0.15, -0.1) is 0 Å². The minimum atomic E-state index is 0.496. The van der Waals surface area contributed by atoms with E-state index in [1.807, 2.05) is 6.20 Å². The molecule has 0 saturated heterocycles. The fourth-order valence-electron chi connectivity index (χ4n) is 5.54. The summed E-state index contributed by atoms with van der Waals surface area (Å²) in [7, 11) is 0. The van der Waals surface area contributed by atoms with Crippen molar-refractivity contribution in [2.24, 2.45) is 11.8 Å². The number of pyridine rings is 2. The maximum atomic E-state index is 6.38. The van der Waals surface area contributed by atoms with E-state index >= 15 is 0 Å². The summed E-state index contributed by atoms with van der Waals surface area (Å²) < 4.78 is 6.38. The Hall–Kier alpha value is -3.46. The Morgan fingerprint density at radius 3 is 2.03 bits per heavy atom. The van der Waals surface area contributed by atoms with E-state index in [4.69, 9.17) is 14.4 Å². The second-order valence-electron chi connectivity index (χ2n) is 10.1. The van der Waals surface area contributed by atoms with Crippen LogP contribution in [-0.2, 0) is 0 Å². The van der Waals surface area contributed by atoms with Crippen LogP contribution in [-0.4, -0.2) is 9.97 Å². The van der Waals surface area contributed by atoms with E-state index in [1.165, 1.54) is 22.3 Å². The van der Waals surface area contributed by atoms with Gasteiger partial charge in [0.1, 0.15) is 5.58 Å². The van der Waals surface area contributed by atoms with Gasteiger partial charge in [0, 0.05) is 28.1 Å². The monoisotopic (exact) mass is 448 g/mol. The van der Waals surface area contributed by atoms with Crippen LogP contribution in [0, 0.1) is 25.7 Å². The van der Waals surface area contributed by atoms with E-state index in [-0.39, 0.29) is 0 Å². The van der Waals surface area contributed by atoms with E-state index in [0.29, 0.717) is 23.5 Å². The summed E-state index contributed by atoms with van der Waals surface area (Å²) in [5.41, 5.74) is 9.28. The smallest absolute Gasteiger partial charge is 0.227 e. The van der Waals surface area contributed by atoms with E-state index in [1.54, 1.807) is 0 Å². The molecule has 0 saturated carbocycles. The van der Waals surface area contributed by atoms with Crippen LogP contribution in [0.4, 0.5) is 0 Å². The molecule has 0 spiro atoms. The highest BCUT2D eigenvalue weighted by Gasteiger charge is 2.21. The third-order valence-electron chi connectivity index (χ3n) is 6.99. The zero-order chi connectivity index (χ0) is 24.0. The first-order chi connectivity index (χ1) is 16.3. The van der Waals surface area contributed by atoms with Gasteiger partial charge >= 0.3 is 0 Å². The van der Waals surface area contributed by atoms with Crippen molar-refractivity contribution in [1.82, 2.24) is 9.97 Å². The lowest BCUT2D eigenvalue weighted by Gasteiger charge is -2.25. The van der Waals surface area contributed by atoms with Gasteiger partial charge in [-0.05, 0) is 72.6 Å². The largest absolute Gasteiger partial charge is 0.437 e. The second kappa shape index (κ2) is 8.72. The first-order valence-corrected chi connectivity index (χ1v) is 12.2. The summed E-state index contributed by atoms with van der Waals surface area (Å²) in [5, 5.41) is 2.10. The van der Waals surface area contributed by atoms with Crippen LogP contribution in [0.2, 0.25) is 0 Å². The zero-order valence-electron chi connectivity index (χ0n) is 20.9. The number of rotatable bonds is 5. The number of aryl methyl sites for hydroxylation is 2. The van der Waals surface area contributed by atoms with Crippen molar-refractivity contribution in [2.45, 2.75) is 47.5 Å². The van der Waals surface area contributed by atoms with Gasteiger partial charge in [0.05, 0.1) is 11.4 Å². The maximum Gasteiger partial charge on any atom is 0.227 e. The molecule has 0 bridgehead atoms. The minimum absolute atomic E-state index is 0.496. The second-order valence-corrected chi connectivity index (χ2v) is 10.1. The van der Waals surface area contributed by atoms with Crippen molar-refractivity contribution in [3.05, 3.63) is 83.6 Å². The molecule has 172 valence electrons. The van der Waals surface area contributed by atoms with Crippen molar-refractivity contribution in [3.63, 3.8) is 0 Å². The molecule has 0 N–H and O–H groups in total. The number of benzene rings is 2. The predicted molar refractivity (Wildman–Crippen MR) is 142 cm³/mol. The molecule has 0 atom stereocenters. The average molecular weight is 449 g/mol. The zero-order valence-corrected chi connectivity index (χ0v) is 20.9. The van der Waals surface area contributed by atoms with Crippen LogP contribution in [0.25, 0.3) is 44.6 Å². The van der Waals surface area contributed by atoms with E-state index in [9.17, 15) is 0 Å². The van der Waals surface area contributed by atoms with Crippen molar-refractivity contribution >= 4 is 22.1 Å². The van der Waals surface area contributed by atoms with Gasteiger partial charge in [-0.25, -0.2) is 4.98 Å². The molecule has 3 heteroatoms. The van der Waals surface area contributed by atoms with Crippen LogP contribution in [0.3, 0.4) is 0 Å². The van der Waals surface area contributed by atoms with Gasteiger partial charge in [0.2, 0.25) is 5.71 Å². The SMILES string of the molecule is Cc1cccc(C)c1-c1ccc2c(n1)oc1c(-c3ccc(C(C(C)C)C(C)C)cn3)cccc12. The number of fused-ring (bicyclic) bond motifs is 3. The van der Waals surface area contributed by atoms with Crippen molar-refractivity contribution in [3.8, 4) is 22.5 Å². The third kappa shape index (κ3) is 3.79. The molecule has 3 heterocycles. The predicted octanol–water partition coefficient (Wildman–Crippen LogP) is 8.72. The van der Waals surface area contributed by atoms with Crippen LogP contribution in [0.15, 0.2) is 71.3 Å². The summed E-state index contributed by atoms with van der Waals surface area (Å²) in [6.45, 7) is 13.4. The Bertz CT molecular complexity index is 1450. The Labute approximate surface area is 201 Å². The molecule has 0 unspecified atom stereocenters. The summed E-state index contributed by atoms with van der Waals surface area (Å²) in [5.74, 6) is 1.64. The maximum absolute atomic E-state index is 6.38. The first-order valence-electron chi connectivity index (χ1n) is 12.2. The topological polar surface area (TPSA) is 38.9 Å². The number of aromatic nitrogens is 2. The summed E-state index contributed by atoms with van der Waals surface area (Å²) in [4.78, 5) is 9.79. The summed E-state index contributed by atoms with van der Waals surface area (Å²) >= 11 is 0. The Morgan fingerprint density at radius 1 is 0.706 bits per heavy atom. The van der Waals surface area contributed by atoms with Gasteiger partial charge in [-0.3, -0.25) is 4.98 Å². The molecule has 2 aromatic carbocycles. The molecule has 0 amide bonds. The minimum Gasteiger partial charge on any atom is -0.437 e. The summed E-state index contributed by atoms with van der Waals surface area (Å²) in [6.07, 6.45) is 2.04. The van der Waals surface area contributed by atoms with Crippen LogP contribution in [0.5, 0.6) is 0 Å². The van der Waals surface area contributed by atoms with Crippen LogP contribution < -0.4 is 0 Å². The number of hydrogen-bond acceptors (Lipinski definition) is 3. The highest BCUT2D eigenvalue weighted by molar-refractivity contribution is 6.08. The number of nitrogens with zero attached hydrogens (tertiary/aromatic N) is 2. The molecule has 3 nitrogen and oxygen atoms in total. The highest BCUT2D eigenvalue weighted by Crippen LogP contribution is 2.37. The lowest BCUT2D eigenvalue weighted by atomic mass is 9.81. The lowest BCUT2D eigenvalue weighted by Crippen LogP contribution is -2.13. The van der Waals surface area contributed by atoms with E-state index in [2.05, 4.69) is 102 Å². The molecule has 0 fully saturated rings. The molecular formula is C31H32N2O. The number of furan rings is 1. The molecule has 0 aliphatic rings. The molecule has 5 rings (SSSR count). The number of para-hydroxylation sites is 1. The molecule has 0 aliphatic heterocycles. The highest BCUT2D eigenvalue weighted by atomic mass is 16.3. The van der Waals surface area contributed by atoms with Crippen molar-refractivity contribution < 1.29 is 4.42 Å². The van der Waals surface area contributed by atoms with Crippen molar-refractivity contribution in [1.29, 1.82) is 0 Å². The Kier molecular flexibility index (Phi) is 5.73. The Morgan fingerprint density at radius 2 is 1.38 bits per heavy atom. The van der Waals surface area contributed by atoms with E-state index < -0.39 is 0 Å². The van der Waals surface area contributed by atoms with Crippen LogP contribution in [0.1, 0.15) is 50.3 Å². The first kappa shape index (κ1) is 22.3. The van der Waals surface area contributed by atoms with Gasteiger partial charge < -0.3 is 4.42 Å². The fraction of sp³-hybridized carbons (Fsp3) is 0.290. The van der Waals surface area contributed by atoms with Gasteiger partial charge in [-0.1, -0.05) is 64.1 Å². The van der Waals surface area contributed by atoms with E-state index in [0.717, 1.165) is 33.3 Å². The quantitative estimate of drug-likeness (QED) is 0.270. The number of hydrogen-bond donors (Lipinski definition) is 0. The fourth-order valence-corrected chi connectivity index (χ4v) is 5.54. The molecule has 3 aromatic heterocycles. The van der Waals surface area contributed by atoms with Crippen molar-refractivity contribution in [2.75, 3.05) is 0 Å². The van der Waals surface area contributed by atoms with Crippen LogP contribution >= 0.6 is 0 Å². The molecule has 0 radical (unpaired) electrons. The summed E-state index contributed by atoms with van der Waals surface area (Å²) in [6, 6.07) is 21.2. The average Bonchev–Trinajstić information content (AvgIpc) is 3.17. The van der Waals surface area contributed by atoms with Gasteiger partial charge in [0.15, 0.2) is 0 Å². The lowest BCUT2D eigenvalue weighted by molar-refractivity contribution is 0.387. The molecular weight excluding hydrogens is 416 g/mol. The molecule has 0 aliphatic carbocycles. The molecule has 5 aromatic rings. The normalized spacial score (nSPS) is 12.0. The molecule has 34 heavy (non-hydrogen) atoms. The van der Waals surface area contributed by atoms with Gasteiger partial charge in [0.25, 0.3) is 0 Å².